The highest BCUT2D eigenvalue weighted by molar-refractivity contribution is 7.98. The Morgan fingerprint density at radius 3 is 1.89 bits per heavy atom. The highest BCUT2D eigenvalue weighted by Gasteiger charge is 1.99. The van der Waals surface area contributed by atoms with Crippen molar-refractivity contribution in [3.63, 3.8) is 0 Å². The molecule has 0 aromatic heterocycles. The maximum Gasteiger partial charge on any atom is 0.159 e. The van der Waals surface area contributed by atoms with E-state index in [-0.39, 0.29) is 5.78 Å². The van der Waals surface area contributed by atoms with Crippen molar-refractivity contribution in [3.05, 3.63) is 54.1 Å². The summed E-state index contributed by atoms with van der Waals surface area (Å²) in [6.07, 6.45) is 2.06. The van der Waals surface area contributed by atoms with E-state index in [1.54, 1.807) is 18.7 Å². The minimum absolute atomic E-state index is 0.0888. The number of nitrogens with one attached hydrogen (secondary N) is 1. The van der Waals surface area contributed by atoms with E-state index in [0.29, 0.717) is 0 Å². The van der Waals surface area contributed by atoms with Crippen molar-refractivity contribution in [2.24, 2.45) is 0 Å². The monoisotopic (exact) mass is 257 g/mol. The molecular formula is C15H15NOS. The van der Waals surface area contributed by atoms with Crippen LogP contribution in [-0.2, 0) is 0 Å². The third-order valence-corrected chi connectivity index (χ3v) is 3.41. The molecule has 0 atom stereocenters. The van der Waals surface area contributed by atoms with Crippen molar-refractivity contribution >= 4 is 28.9 Å². The van der Waals surface area contributed by atoms with Crippen molar-refractivity contribution in [1.29, 1.82) is 0 Å². The van der Waals surface area contributed by atoms with E-state index in [4.69, 9.17) is 0 Å². The Kier molecular flexibility index (Phi) is 4.05. The summed E-state index contributed by atoms with van der Waals surface area (Å²) in [7, 11) is 0. The van der Waals surface area contributed by atoms with Gasteiger partial charge in [-0.1, -0.05) is 0 Å². The Labute approximate surface area is 111 Å². The van der Waals surface area contributed by atoms with Gasteiger partial charge in [-0.25, -0.2) is 0 Å². The lowest BCUT2D eigenvalue weighted by atomic mass is 10.1. The predicted octanol–water partition coefficient (Wildman–Crippen LogP) is 4.35. The second-order valence-electron chi connectivity index (χ2n) is 3.99. The first-order chi connectivity index (χ1) is 8.69. The van der Waals surface area contributed by atoms with Gasteiger partial charge in [0.15, 0.2) is 5.78 Å². The Balaban J connectivity index is 2.10. The van der Waals surface area contributed by atoms with E-state index < -0.39 is 0 Å². The Morgan fingerprint density at radius 1 is 0.944 bits per heavy atom. The fourth-order valence-corrected chi connectivity index (χ4v) is 2.04. The molecule has 0 unspecified atom stereocenters. The lowest BCUT2D eigenvalue weighted by Gasteiger charge is -2.07. The number of carbonyl (C=O) groups is 1. The molecular weight excluding hydrogens is 242 g/mol. The lowest BCUT2D eigenvalue weighted by molar-refractivity contribution is 0.101. The first-order valence-electron chi connectivity index (χ1n) is 5.71. The molecule has 18 heavy (non-hydrogen) atoms. The van der Waals surface area contributed by atoms with Gasteiger partial charge in [0.05, 0.1) is 0 Å². The number of anilines is 2. The first kappa shape index (κ1) is 12.7. The van der Waals surface area contributed by atoms with E-state index in [2.05, 4.69) is 23.7 Å². The molecule has 2 aromatic rings. The second-order valence-corrected chi connectivity index (χ2v) is 4.87. The van der Waals surface area contributed by atoms with Crippen molar-refractivity contribution in [2.45, 2.75) is 11.8 Å². The fourth-order valence-electron chi connectivity index (χ4n) is 1.63. The van der Waals surface area contributed by atoms with E-state index >= 15 is 0 Å². The van der Waals surface area contributed by atoms with Gasteiger partial charge in [0.1, 0.15) is 0 Å². The molecule has 0 aliphatic heterocycles. The lowest BCUT2D eigenvalue weighted by Crippen LogP contribution is -1.93. The van der Waals surface area contributed by atoms with E-state index in [9.17, 15) is 4.79 Å². The number of carbonyl (C=O) groups excluding carboxylic acids is 1. The normalized spacial score (nSPS) is 10.1. The molecule has 92 valence electrons. The number of hydrogen-bond donors (Lipinski definition) is 1. The number of Topliss-reactive ketones (excluding diaryl/α,β-unsaturated/α-hetero) is 1. The van der Waals surface area contributed by atoms with Crippen LogP contribution >= 0.6 is 11.8 Å². The number of rotatable bonds is 4. The van der Waals surface area contributed by atoms with Crippen LogP contribution in [0, 0.1) is 0 Å². The maximum absolute atomic E-state index is 11.2. The summed E-state index contributed by atoms with van der Waals surface area (Å²) >= 11 is 1.72. The first-order valence-corrected chi connectivity index (χ1v) is 6.93. The molecule has 0 bridgehead atoms. The zero-order valence-corrected chi connectivity index (χ0v) is 11.3. The molecule has 0 aliphatic rings. The third kappa shape index (κ3) is 3.14. The zero-order valence-electron chi connectivity index (χ0n) is 10.4. The SMILES string of the molecule is CSc1ccc(Nc2ccc(C(C)=O)cc2)cc1. The average Bonchev–Trinajstić information content (AvgIpc) is 2.40. The number of benzene rings is 2. The molecule has 0 heterocycles. The smallest absolute Gasteiger partial charge is 0.159 e. The number of ketones is 1. The fraction of sp³-hybridized carbons (Fsp3) is 0.133. The molecule has 0 spiro atoms. The molecule has 2 aromatic carbocycles. The molecule has 1 N–H and O–H groups in total. The van der Waals surface area contributed by atoms with Crippen LogP contribution in [0.25, 0.3) is 0 Å². The van der Waals surface area contributed by atoms with Gasteiger partial charge >= 0.3 is 0 Å². The van der Waals surface area contributed by atoms with Crippen LogP contribution in [0.2, 0.25) is 0 Å². The van der Waals surface area contributed by atoms with Crippen LogP contribution in [0.15, 0.2) is 53.4 Å². The predicted molar refractivity (Wildman–Crippen MR) is 78.0 cm³/mol. The minimum Gasteiger partial charge on any atom is -0.356 e. The molecule has 0 radical (unpaired) electrons. The van der Waals surface area contributed by atoms with Crippen LogP contribution in [0.5, 0.6) is 0 Å². The molecule has 2 nitrogen and oxygen atoms in total. The van der Waals surface area contributed by atoms with Gasteiger partial charge in [-0.2, -0.15) is 0 Å². The molecule has 0 aliphatic carbocycles. The summed E-state index contributed by atoms with van der Waals surface area (Å²) in [5, 5.41) is 3.30. The van der Waals surface area contributed by atoms with Gasteiger partial charge in [-0.15, -0.1) is 11.8 Å². The highest BCUT2D eigenvalue weighted by Crippen LogP contribution is 2.21. The quantitative estimate of drug-likeness (QED) is 0.652. The van der Waals surface area contributed by atoms with Crippen LogP contribution in [0.1, 0.15) is 17.3 Å². The molecule has 0 amide bonds. The number of hydrogen-bond acceptors (Lipinski definition) is 3. The average molecular weight is 257 g/mol. The topological polar surface area (TPSA) is 29.1 Å². The van der Waals surface area contributed by atoms with Gasteiger partial charge < -0.3 is 5.32 Å². The summed E-state index contributed by atoms with van der Waals surface area (Å²) in [4.78, 5) is 12.4. The van der Waals surface area contributed by atoms with E-state index in [1.807, 2.05) is 36.4 Å². The third-order valence-electron chi connectivity index (χ3n) is 2.67. The maximum atomic E-state index is 11.2. The molecule has 0 saturated carbocycles. The largest absolute Gasteiger partial charge is 0.356 e. The van der Waals surface area contributed by atoms with Crippen LogP contribution < -0.4 is 5.32 Å². The molecule has 2 rings (SSSR count). The highest BCUT2D eigenvalue weighted by atomic mass is 32.2. The van der Waals surface area contributed by atoms with Crippen LogP contribution in [0.3, 0.4) is 0 Å². The number of thioether (sulfide) groups is 1. The van der Waals surface area contributed by atoms with Gasteiger partial charge in [0.25, 0.3) is 0 Å². The van der Waals surface area contributed by atoms with Gasteiger partial charge in [-0.3, -0.25) is 4.79 Å². The van der Waals surface area contributed by atoms with Crippen LogP contribution in [0.4, 0.5) is 11.4 Å². The minimum atomic E-state index is 0.0888. The summed E-state index contributed by atoms with van der Waals surface area (Å²) in [6, 6.07) is 15.8. The molecule has 3 heteroatoms. The summed E-state index contributed by atoms with van der Waals surface area (Å²) < 4.78 is 0. The standard InChI is InChI=1S/C15H15NOS/c1-11(17)12-3-5-13(6-4-12)16-14-7-9-15(18-2)10-8-14/h3-10,16H,1-2H3. The van der Waals surface area contributed by atoms with Crippen molar-refractivity contribution in [3.8, 4) is 0 Å². The van der Waals surface area contributed by atoms with Gasteiger partial charge in [0.2, 0.25) is 0 Å². The Hall–Kier alpha value is -1.74. The summed E-state index contributed by atoms with van der Waals surface area (Å²) in [5.74, 6) is 0.0888. The summed E-state index contributed by atoms with van der Waals surface area (Å²) in [6.45, 7) is 1.57. The zero-order chi connectivity index (χ0) is 13.0. The van der Waals surface area contributed by atoms with Crippen molar-refractivity contribution in [2.75, 3.05) is 11.6 Å². The Morgan fingerprint density at radius 2 is 1.44 bits per heavy atom. The Bertz CT molecular complexity index is 531. The molecule has 0 saturated heterocycles. The van der Waals surface area contributed by atoms with Gasteiger partial charge in [0, 0.05) is 21.8 Å². The molecule has 0 fully saturated rings. The van der Waals surface area contributed by atoms with Gasteiger partial charge in [-0.05, 0) is 61.7 Å². The van der Waals surface area contributed by atoms with E-state index in [0.717, 1.165) is 16.9 Å². The van der Waals surface area contributed by atoms with Crippen molar-refractivity contribution < 1.29 is 4.79 Å². The summed E-state index contributed by atoms with van der Waals surface area (Å²) in [5.41, 5.74) is 2.76. The van der Waals surface area contributed by atoms with E-state index in [1.165, 1.54) is 4.90 Å². The van der Waals surface area contributed by atoms with Crippen LogP contribution in [-0.4, -0.2) is 12.0 Å². The second kappa shape index (κ2) is 5.74. The van der Waals surface area contributed by atoms with Crippen molar-refractivity contribution in [1.82, 2.24) is 0 Å².